The highest BCUT2D eigenvalue weighted by atomic mass is 19.4. The van der Waals surface area contributed by atoms with Crippen molar-refractivity contribution in [3.63, 3.8) is 0 Å². The number of phenols is 1. The van der Waals surface area contributed by atoms with Crippen LogP contribution in [0, 0.1) is 23.3 Å². The number of hydrogen-bond acceptors (Lipinski definition) is 4. The first kappa shape index (κ1) is 24.2. The van der Waals surface area contributed by atoms with Crippen LogP contribution in [0.1, 0.15) is 22.7 Å². The number of ether oxygens (including phenoxy) is 1. The molecule has 4 nitrogen and oxygen atoms in total. The average molecular weight is 496 g/mol. The lowest BCUT2D eigenvalue weighted by Gasteiger charge is -2.22. The Bertz CT molecular complexity index is 1350. The Morgan fingerprint density at radius 3 is 2.14 bits per heavy atom. The highest BCUT2D eigenvalue weighted by molar-refractivity contribution is 5.85. The predicted molar refractivity (Wildman–Crippen MR) is 111 cm³/mol. The van der Waals surface area contributed by atoms with Crippen molar-refractivity contribution in [3.05, 3.63) is 94.9 Å². The van der Waals surface area contributed by atoms with Gasteiger partial charge in [-0.2, -0.15) is 22.0 Å². The second-order valence-electron chi connectivity index (χ2n) is 7.56. The van der Waals surface area contributed by atoms with Gasteiger partial charge in [0.15, 0.2) is 24.0 Å². The average Bonchev–Trinajstić information content (AvgIpc) is 2.83. The zero-order chi connectivity index (χ0) is 25.3. The van der Waals surface area contributed by atoms with Gasteiger partial charge in [-0.15, -0.1) is 0 Å². The van der Waals surface area contributed by atoms with E-state index < -0.39 is 59.0 Å². The van der Waals surface area contributed by atoms with Crippen LogP contribution in [0.15, 0.2) is 54.9 Å². The molecule has 0 spiro atoms. The predicted octanol–water partition coefficient (Wildman–Crippen LogP) is 6.21. The summed E-state index contributed by atoms with van der Waals surface area (Å²) in [6.07, 6.45) is -2.57. The summed E-state index contributed by atoms with van der Waals surface area (Å²) in [5.74, 6) is -12.0. The fourth-order valence-corrected chi connectivity index (χ4v) is 3.74. The Morgan fingerprint density at radius 2 is 1.51 bits per heavy atom. The third kappa shape index (κ3) is 4.84. The van der Waals surface area contributed by atoms with Gasteiger partial charge in [-0.25, -0.2) is 8.78 Å². The zero-order valence-electron chi connectivity index (χ0n) is 17.6. The van der Waals surface area contributed by atoms with Gasteiger partial charge < -0.3 is 9.84 Å². The molecule has 0 aliphatic carbocycles. The van der Waals surface area contributed by atoms with E-state index in [0.717, 1.165) is 0 Å². The lowest BCUT2D eigenvalue weighted by molar-refractivity contribution is -0.154. The second kappa shape index (κ2) is 9.40. The van der Waals surface area contributed by atoms with Crippen molar-refractivity contribution in [2.75, 3.05) is 6.61 Å². The van der Waals surface area contributed by atoms with Crippen molar-refractivity contribution in [2.45, 2.75) is 18.5 Å². The standard InChI is InChI=1S/C24H15F7N2O2/c25-17-16(18(26)20(28)23(19(17)27)35-11-24(29,30)31)15(10-13-5-1-2-8-32-13)14-7-6-12-4-3-9-33-21(12)22(14)34/h1-9,15,34H,10-11H2. The molecule has 0 radical (unpaired) electrons. The Balaban J connectivity index is 1.91. The molecule has 1 unspecified atom stereocenters. The molecule has 1 N–H and O–H groups in total. The van der Waals surface area contributed by atoms with Crippen LogP contribution < -0.4 is 4.74 Å². The van der Waals surface area contributed by atoms with Gasteiger partial charge in [0.1, 0.15) is 11.3 Å². The number of nitrogens with zero attached hydrogens (tertiary/aromatic N) is 2. The highest BCUT2D eigenvalue weighted by Gasteiger charge is 2.36. The SMILES string of the molecule is Oc1c(C(Cc2ccccn2)c2c(F)c(F)c(OCC(F)(F)F)c(F)c2F)ccc2cccnc12. The summed E-state index contributed by atoms with van der Waals surface area (Å²) >= 11 is 0. The molecule has 2 heterocycles. The largest absolute Gasteiger partial charge is 0.505 e. The molecule has 1 atom stereocenters. The van der Waals surface area contributed by atoms with Crippen LogP contribution in [0.5, 0.6) is 11.5 Å². The van der Waals surface area contributed by atoms with Gasteiger partial charge in [-0.1, -0.05) is 24.3 Å². The molecule has 35 heavy (non-hydrogen) atoms. The molecule has 0 saturated heterocycles. The Morgan fingerprint density at radius 1 is 0.829 bits per heavy atom. The third-order valence-electron chi connectivity index (χ3n) is 5.28. The van der Waals surface area contributed by atoms with E-state index in [1.807, 2.05) is 0 Å². The molecule has 0 aliphatic heterocycles. The highest BCUT2D eigenvalue weighted by Crippen LogP contribution is 2.42. The number of rotatable bonds is 6. The summed E-state index contributed by atoms with van der Waals surface area (Å²) in [5.41, 5.74) is -0.934. The van der Waals surface area contributed by atoms with E-state index >= 15 is 8.78 Å². The van der Waals surface area contributed by atoms with E-state index in [2.05, 4.69) is 14.7 Å². The van der Waals surface area contributed by atoms with Gasteiger partial charge in [-0.3, -0.25) is 9.97 Å². The van der Waals surface area contributed by atoms with Crippen molar-refractivity contribution in [2.24, 2.45) is 0 Å². The van der Waals surface area contributed by atoms with Gasteiger partial charge in [0.05, 0.1) is 0 Å². The van der Waals surface area contributed by atoms with Crippen molar-refractivity contribution >= 4 is 10.9 Å². The van der Waals surface area contributed by atoms with Gasteiger partial charge in [-0.05, 0) is 18.2 Å². The molecular formula is C24H15F7N2O2. The van der Waals surface area contributed by atoms with E-state index in [1.165, 1.54) is 30.6 Å². The van der Waals surface area contributed by atoms with E-state index in [9.17, 15) is 27.1 Å². The number of hydrogen-bond donors (Lipinski definition) is 1. The minimum absolute atomic E-state index is 0.0721. The molecule has 0 fully saturated rings. The van der Waals surface area contributed by atoms with Gasteiger partial charge in [0.2, 0.25) is 11.6 Å². The Hall–Kier alpha value is -3.89. The molecule has 2 aromatic heterocycles. The van der Waals surface area contributed by atoms with Crippen LogP contribution >= 0.6 is 0 Å². The summed E-state index contributed by atoms with van der Waals surface area (Å²) in [6, 6.07) is 10.7. The number of halogens is 7. The molecular weight excluding hydrogens is 481 g/mol. The van der Waals surface area contributed by atoms with Crippen LogP contribution in [-0.2, 0) is 6.42 Å². The summed E-state index contributed by atoms with van der Waals surface area (Å²) in [4.78, 5) is 8.10. The lowest BCUT2D eigenvalue weighted by Crippen LogP contribution is -2.22. The number of aromatic nitrogens is 2. The first-order chi connectivity index (χ1) is 16.6. The molecule has 182 valence electrons. The van der Waals surface area contributed by atoms with Gasteiger partial charge >= 0.3 is 6.18 Å². The molecule has 0 saturated carbocycles. The summed E-state index contributed by atoms with van der Waals surface area (Å²) in [5, 5.41) is 11.3. The minimum atomic E-state index is -5.00. The van der Waals surface area contributed by atoms with Gasteiger partial charge in [0, 0.05) is 46.9 Å². The second-order valence-corrected chi connectivity index (χ2v) is 7.56. The quantitative estimate of drug-likeness (QED) is 0.255. The fraction of sp³-hybridized carbons (Fsp3) is 0.167. The molecule has 0 aliphatic rings. The summed E-state index contributed by atoms with van der Waals surface area (Å²) in [7, 11) is 0. The van der Waals surface area contributed by atoms with Gasteiger partial charge in [0.25, 0.3) is 0 Å². The van der Waals surface area contributed by atoms with E-state index in [-0.39, 0.29) is 23.2 Å². The van der Waals surface area contributed by atoms with Crippen LogP contribution in [0.25, 0.3) is 10.9 Å². The molecule has 0 amide bonds. The maximum atomic E-state index is 15.1. The molecule has 11 heteroatoms. The third-order valence-corrected chi connectivity index (χ3v) is 5.28. The van der Waals surface area contributed by atoms with Crippen molar-refractivity contribution < 1.29 is 40.6 Å². The number of fused-ring (bicyclic) bond motifs is 1. The van der Waals surface area contributed by atoms with Crippen molar-refractivity contribution in [3.8, 4) is 11.5 Å². The first-order valence-electron chi connectivity index (χ1n) is 10.1. The first-order valence-corrected chi connectivity index (χ1v) is 10.1. The normalized spacial score (nSPS) is 12.7. The number of alkyl halides is 3. The number of aromatic hydroxyl groups is 1. The Kier molecular flexibility index (Phi) is 6.51. The summed E-state index contributed by atoms with van der Waals surface area (Å²) in [6.45, 7) is -2.16. The van der Waals surface area contributed by atoms with E-state index in [1.54, 1.807) is 24.3 Å². The van der Waals surface area contributed by atoms with Crippen molar-refractivity contribution in [1.82, 2.24) is 9.97 Å². The molecule has 0 bridgehead atoms. The minimum Gasteiger partial charge on any atom is -0.505 e. The zero-order valence-corrected chi connectivity index (χ0v) is 17.6. The van der Waals surface area contributed by atoms with E-state index in [4.69, 9.17) is 0 Å². The number of pyridine rings is 2. The topological polar surface area (TPSA) is 55.2 Å². The number of benzene rings is 2. The lowest BCUT2D eigenvalue weighted by atomic mass is 9.85. The maximum Gasteiger partial charge on any atom is 0.422 e. The van der Waals surface area contributed by atoms with Crippen LogP contribution in [0.2, 0.25) is 0 Å². The molecule has 4 rings (SSSR count). The summed E-state index contributed by atoms with van der Waals surface area (Å²) < 4.78 is 101. The maximum absolute atomic E-state index is 15.1. The van der Waals surface area contributed by atoms with Crippen molar-refractivity contribution in [1.29, 1.82) is 0 Å². The molecule has 2 aromatic carbocycles. The smallest absolute Gasteiger partial charge is 0.422 e. The van der Waals surface area contributed by atoms with Crippen LogP contribution in [0.3, 0.4) is 0 Å². The fourth-order valence-electron chi connectivity index (χ4n) is 3.74. The monoisotopic (exact) mass is 496 g/mol. The number of phenolic OH excluding ortho intramolecular Hbond substituents is 1. The molecule has 4 aromatic rings. The van der Waals surface area contributed by atoms with Crippen LogP contribution in [0.4, 0.5) is 30.7 Å². The Labute approximate surface area is 193 Å². The van der Waals surface area contributed by atoms with E-state index in [0.29, 0.717) is 5.39 Å². The van der Waals surface area contributed by atoms with Crippen LogP contribution in [-0.4, -0.2) is 27.9 Å².